The third-order valence-electron chi connectivity index (χ3n) is 10.4. The summed E-state index contributed by atoms with van der Waals surface area (Å²) in [6.07, 6.45) is 4.84. The molecule has 6 aliphatic rings. The van der Waals surface area contributed by atoms with Crippen molar-refractivity contribution in [3.05, 3.63) is 17.7 Å². The van der Waals surface area contributed by atoms with Crippen molar-refractivity contribution in [3.8, 4) is 5.88 Å². The first-order valence-corrected chi connectivity index (χ1v) is 14.9. The molecule has 40 heavy (non-hydrogen) atoms. The molecule has 1 aliphatic heterocycles. The van der Waals surface area contributed by atoms with E-state index in [1.165, 1.54) is 0 Å². The van der Waals surface area contributed by atoms with Crippen LogP contribution >= 0.6 is 0 Å². The van der Waals surface area contributed by atoms with Gasteiger partial charge in [-0.15, -0.1) is 0 Å². The zero-order chi connectivity index (χ0) is 28.3. The van der Waals surface area contributed by atoms with E-state index in [2.05, 4.69) is 24.1 Å². The molecule has 7 rings (SSSR count). The maximum atomic E-state index is 13.6. The van der Waals surface area contributed by atoms with Crippen LogP contribution in [-0.2, 0) is 9.53 Å². The van der Waals surface area contributed by atoms with Gasteiger partial charge in [-0.2, -0.15) is 13.8 Å². The van der Waals surface area contributed by atoms with E-state index < -0.39 is 18.2 Å². The number of alkyl halides is 2. The highest BCUT2D eigenvalue weighted by Crippen LogP contribution is 2.60. The van der Waals surface area contributed by atoms with Gasteiger partial charge in [-0.25, -0.2) is 0 Å². The van der Waals surface area contributed by atoms with E-state index in [0.29, 0.717) is 61.6 Å². The van der Waals surface area contributed by atoms with E-state index in [-0.39, 0.29) is 47.5 Å². The Hall–Kier alpha value is -2.49. The highest BCUT2D eigenvalue weighted by Gasteiger charge is 2.60. The summed E-state index contributed by atoms with van der Waals surface area (Å²) < 4.78 is 37.7. The van der Waals surface area contributed by atoms with Gasteiger partial charge in [0.2, 0.25) is 5.88 Å². The minimum atomic E-state index is -2.75. The van der Waals surface area contributed by atoms with Crippen LogP contribution in [-0.4, -0.2) is 59.9 Å². The number of carbonyl (C=O) groups is 2. The SMILES string of the molecule is CC(C)CCOc1nc(N2C[C@@H]3C(C(=O)O)[C@@H]3C2)ccc1C(=O)NC(C)C1C2CC3CC1CC(OC(F)F)(C3)C2. The van der Waals surface area contributed by atoms with Crippen molar-refractivity contribution in [2.75, 3.05) is 24.6 Å². The number of fused-ring (bicyclic) bond motifs is 1. The molecule has 5 aliphatic carbocycles. The normalized spacial score (nSPS) is 36.2. The number of carboxylic acid groups (broad SMARTS) is 1. The minimum Gasteiger partial charge on any atom is -0.481 e. The number of carboxylic acids is 1. The molecule has 0 radical (unpaired) electrons. The number of ether oxygens (including phenoxy) is 2. The summed E-state index contributed by atoms with van der Waals surface area (Å²) in [7, 11) is 0. The lowest BCUT2D eigenvalue weighted by molar-refractivity contribution is -0.266. The van der Waals surface area contributed by atoms with E-state index in [1.54, 1.807) is 6.07 Å². The number of amides is 1. The van der Waals surface area contributed by atoms with E-state index in [1.807, 2.05) is 13.0 Å². The Kier molecular flexibility index (Phi) is 7.20. The summed E-state index contributed by atoms with van der Waals surface area (Å²) in [4.78, 5) is 31.8. The molecule has 1 saturated heterocycles. The van der Waals surface area contributed by atoms with Gasteiger partial charge in [-0.05, 0) is 99.0 Å². The largest absolute Gasteiger partial charge is 0.481 e. The van der Waals surface area contributed by atoms with Gasteiger partial charge in [0.15, 0.2) is 0 Å². The summed E-state index contributed by atoms with van der Waals surface area (Å²) >= 11 is 0. The molecule has 220 valence electrons. The first-order chi connectivity index (χ1) is 19.0. The molecule has 6 atom stereocenters. The van der Waals surface area contributed by atoms with E-state index in [9.17, 15) is 23.5 Å². The van der Waals surface area contributed by atoms with Crippen LogP contribution in [0.2, 0.25) is 0 Å². The Morgan fingerprint density at radius 2 is 1.80 bits per heavy atom. The highest BCUT2D eigenvalue weighted by atomic mass is 19.3. The Balaban J connectivity index is 1.15. The molecule has 2 N–H and O–H groups in total. The van der Waals surface area contributed by atoms with Gasteiger partial charge in [0.25, 0.3) is 5.91 Å². The predicted molar refractivity (Wildman–Crippen MR) is 143 cm³/mol. The molecular formula is C30H41F2N3O5. The molecule has 2 heterocycles. The molecular weight excluding hydrogens is 520 g/mol. The first-order valence-electron chi connectivity index (χ1n) is 14.9. The number of nitrogens with one attached hydrogen (secondary N) is 1. The summed E-state index contributed by atoms with van der Waals surface area (Å²) in [6.45, 7) is 5.23. The first kappa shape index (κ1) is 27.7. The van der Waals surface area contributed by atoms with Crippen LogP contribution in [0.5, 0.6) is 5.88 Å². The number of nitrogens with zero attached hydrogens (tertiary/aromatic N) is 2. The summed E-state index contributed by atoms with van der Waals surface area (Å²) in [5.41, 5.74) is -0.323. The fraction of sp³-hybridized carbons (Fsp3) is 0.767. The Morgan fingerprint density at radius 1 is 1.12 bits per heavy atom. The molecule has 0 spiro atoms. The number of rotatable bonds is 11. The summed E-state index contributed by atoms with van der Waals surface area (Å²) in [6, 6.07) is 3.47. The zero-order valence-electron chi connectivity index (χ0n) is 23.5. The topological polar surface area (TPSA) is 101 Å². The van der Waals surface area contributed by atoms with Gasteiger partial charge in [0.1, 0.15) is 11.4 Å². The lowest BCUT2D eigenvalue weighted by atomic mass is 9.49. The monoisotopic (exact) mass is 561 g/mol. The van der Waals surface area contributed by atoms with Crippen LogP contribution in [0.3, 0.4) is 0 Å². The molecule has 6 fully saturated rings. The fourth-order valence-corrected chi connectivity index (χ4v) is 8.88. The van der Waals surface area contributed by atoms with Crippen LogP contribution in [0.25, 0.3) is 0 Å². The van der Waals surface area contributed by atoms with E-state index in [4.69, 9.17) is 14.5 Å². The lowest BCUT2D eigenvalue weighted by Crippen LogP contribution is -2.60. The van der Waals surface area contributed by atoms with Crippen molar-refractivity contribution in [3.63, 3.8) is 0 Å². The fourth-order valence-electron chi connectivity index (χ4n) is 8.88. The Labute approximate surface area is 234 Å². The van der Waals surface area contributed by atoms with Crippen molar-refractivity contribution >= 4 is 17.7 Å². The molecule has 10 heteroatoms. The van der Waals surface area contributed by atoms with Gasteiger partial charge in [0, 0.05) is 19.1 Å². The molecule has 0 aromatic carbocycles. The number of halogens is 2. The second kappa shape index (κ2) is 10.4. The third-order valence-corrected chi connectivity index (χ3v) is 10.4. The van der Waals surface area contributed by atoms with Crippen molar-refractivity contribution in [1.82, 2.24) is 10.3 Å². The predicted octanol–water partition coefficient (Wildman–Crippen LogP) is 4.83. The lowest BCUT2D eigenvalue weighted by Gasteiger charge is -2.60. The number of aliphatic carboxylic acids is 1. The van der Waals surface area contributed by atoms with Crippen LogP contribution in [0.1, 0.15) is 69.7 Å². The second-order valence-electron chi connectivity index (χ2n) is 13.5. The van der Waals surface area contributed by atoms with Crippen LogP contribution in [0.15, 0.2) is 12.1 Å². The summed E-state index contributed by atoms with van der Waals surface area (Å²) in [5, 5.41) is 12.6. The molecule has 1 aromatic heterocycles. The maximum Gasteiger partial charge on any atom is 0.345 e. The second-order valence-corrected chi connectivity index (χ2v) is 13.5. The number of piperidine rings is 1. The smallest absolute Gasteiger partial charge is 0.345 e. The molecule has 1 aromatic rings. The quantitative estimate of drug-likeness (QED) is 0.399. The minimum absolute atomic E-state index is 0.118. The van der Waals surface area contributed by atoms with Crippen LogP contribution in [0, 0.1) is 47.3 Å². The number of hydrogen-bond acceptors (Lipinski definition) is 6. The molecule has 1 amide bonds. The molecule has 4 unspecified atom stereocenters. The number of hydrogen-bond donors (Lipinski definition) is 2. The molecule has 5 saturated carbocycles. The average Bonchev–Trinajstić information content (AvgIpc) is 3.36. The van der Waals surface area contributed by atoms with E-state index >= 15 is 0 Å². The number of anilines is 1. The standard InChI is InChI=1S/C30H41F2N3O5/c1-15(2)6-7-39-27-20(4-5-23(34-27)35-13-21-22(14-35)25(21)28(37)38)26(36)33-16(3)24-18-8-17-9-19(24)12-30(10-17,11-18)40-29(31)32/h4-5,15-19,21-22,24-25,29H,6-14H2,1-3H3,(H,33,36)(H,37,38)/t16?,17?,18?,19?,21-,22+,24?,25?,30?. The zero-order valence-corrected chi connectivity index (χ0v) is 23.5. The van der Waals surface area contributed by atoms with Crippen molar-refractivity contribution in [2.45, 2.75) is 77.6 Å². The van der Waals surface area contributed by atoms with Crippen molar-refractivity contribution in [1.29, 1.82) is 0 Å². The van der Waals surface area contributed by atoms with Crippen molar-refractivity contribution in [2.24, 2.45) is 47.3 Å². The number of aromatic nitrogens is 1. The van der Waals surface area contributed by atoms with Gasteiger partial charge in [0.05, 0.1) is 18.1 Å². The third kappa shape index (κ3) is 5.16. The van der Waals surface area contributed by atoms with Gasteiger partial charge >= 0.3 is 12.6 Å². The van der Waals surface area contributed by atoms with Gasteiger partial charge in [-0.1, -0.05) is 13.8 Å². The highest BCUT2D eigenvalue weighted by molar-refractivity contribution is 5.96. The molecule has 8 nitrogen and oxygen atoms in total. The Morgan fingerprint density at radius 3 is 2.40 bits per heavy atom. The van der Waals surface area contributed by atoms with Crippen LogP contribution in [0.4, 0.5) is 14.6 Å². The van der Waals surface area contributed by atoms with E-state index in [0.717, 1.165) is 25.7 Å². The summed E-state index contributed by atoms with van der Waals surface area (Å²) in [5.74, 6) is 1.70. The van der Waals surface area contributed by atoms with Gasteiger partial charge < -0.3 is 24.8 Å². The van der Waals surface area contributed by atoms with Crippen LogP contribution < -0.4 is 15.0 Å². The van der Waals surface area contributed by atoms with Gasteiger partial charge in [-0.3, -0.25) is 9.59 Å². The number of pyridine rings is 1. The number of carbonyl (C=O) groups excluding carboxylic acids is 1. The maximum absolute atomic E-state index is 13.6. The Bertz CT molecular complexity index is 1120. The molecule has 4 bridgehead atoms. The average molecular weight is 562 g/mol. The van der Waals surface area contributed by atoms with Crippen molar-refractivity contribution < 1.29 is 33.0 Å².